The molecule has 0 atom stereocenters. The molecule has 198 valence electrons. The minimum atomic E-state index is -0.318. The van der Waals surface area contributed by atoms with Gasteiger partial charge in [0.25, 0.3) is 6.47 Å². The lowest BCUT2D eigenvalue weighted by molar-refractivity contribution is -0.139. The second kappa shape index (κ2) is 10.3. The number of nitrogen functional groups attached to an aromatic ring is 1. The van der Waals surface area contributed by atoms with Crippen molar-refractivity contribution in [1.82, 2.24) is 24.2 Å². The summed E-state index contributed by atoms with van der Waals surface area (Å²) < 4.78 is 8.03. The monoisotopic (exact) mass is 646 g/mol. The molecule has 7 rings (SSSR count). The first-order valence-corrected chi connectivity index (χ1v) is 13.7. The van der Waals surface area contributed by atoms with Crippen LogP contribution in [0.15, 0.2) is 36.7 Å². The molecule has 2 N–H and O–H groups in total. The van der Waals surface area contributed by atoms with E-state index in [4.69, 9.17) is 17.3 Å². The van der Waals surface area contributed by atoms with E-state index in [1.54, 1.807) is 0 Å². The molecule has 0 unspecified atom stereocenters. The highest BCUT2D eigenvalue weighted by atomic mass is 127. The molecular formula is C27H28ClIN6O3. The Hall–Kier alpha value is -2.96. The molecule has 11 heteroatoms. The molecule has 9 nitrogen and oxygen atoms in total. The van der Waals surface area contributed by atoms with Crippen LogP contribution in [0.4, 0.5) is 5.82 Å². The van der Waals surface area contributed by atoms with E-state index >= 15 is 0 Å². The van der Waals surface area contributed by atoms with Gasteiger partial charge in [0.05, 0.1) is 33.8 Å². The van der Waals surface area contributed by atoms with Gasteiger partial charge in [0.1, 0.15) is 17.7 Å². The number of aromatic nitrogens is 3. The molecule has 4 bridgehead atoms. The first kappa shape index (κ1) is 26.6. The summed E-state index contributed by atoms with van der Waals surface area (Å²) in [6, 6.07) is 9.93. The summed E-state index contributed by atoms with van der Waals surface area (Å²) in [5.41, 5.74) is 11.0. The molecule has 0 spiro atoms. The summed E-state index contributed by atoms with van der Waals surface area (Å²) in [7, 11) is 0. The van der Waals surface area contributed by atoms with Gasteiger partial charge in [-0.2, -0.15) is 0 Å². The fourth-order valence-electron chi connectivity index (χ4n) is 4.76. The fraction of sp³-hybridized carbons (Fsp3) is 0.333. The largest absolute Gasteiger partial charge is 0.462 e. The lowest BCUT2D eigenvalue weighted by Crippen LogP contribution is -2.49. The first-order valence-electron chi connectivity index (χ1n) is 12.2. The number of rotatable bonds is 5. The molecule has 1 fully saturated rings. The van der Waals surface area contributed by atoms with Gasteiger partial charge < -0.3 is 19.8 Å². The number of fused-ring (bicyclic) bond motifs is 2. The molecule has 1 saturated heterocycles. The Morgan fingerprint density at radius 2 is 1.95 bits per heavy atom. The van der Waals surface area contributed by atoms with Crippen molar-refractivity contribution in [3.63, 3.8) is 0 Å². The van der Waals surface area contributed by atoms with E-state index in [1.807, 2.05) is 49.9 Å². The van der Waals surface area contributed by atoms with Crippen molar-refractivity contribution in [3.8, 4) is 0 Å². The van der Waals surface area contributed by atoms with Gasteiger partial charge in [-0.05, 0) is 73.2 Å². The second-order valence-electron chi connectivity index (χ2n) is 10.3. The van der Waals surface area contributed by atoms with Crippen LogP contribution in [-0.4, -0.2) is 61.8 Å². The van der Waals surface area contributed by atoms with E-state index in [2.05, 4.69) is 52.7 Å². The van der Waals surface area contributed by atoms with E-state index in [1.165, 1.54) is 26.5 Å². The lowest BCUT2D eigenvalue weighted by Gasteiger charge is -2.34. The van der Waals surface area contributed by atoms with Crippen LogP contribution in [0.5, 0.6) is 0 Å². The van der Waals surface area contributed by atoms with E-state index in [0.717, 1.165) is 40.1 Å². The average molecular weight is 647 g/mol. The Balaban J connectivity index is 0.000000374. The average Bonchev–Trinajstić information content (AvgIpc) is 3.29. The second-order valence-corrected chi connectivity index (χ2v) is 11.8. The summed E-state index contributed by atoms with van der Waals surface area (Å²) in [6.45, 7) is 9.19. The van der Waals surface area contributed by atoms with Crippen molar-refractivity contribution in [1.29, 1.82) is 0 Å². The summed E-state index contributed by atoms with van der Waals surface area (Å²) in [5, 5.41) is 2.88. The van der Waals surface area contributed by atoms with Crippen LogP contribution in [0.1, 0.15) is 32.0 Å². The van der Waals surface area contributed by atoms with E-state index in [9.17, 15) is 9.59 Å². The molecule has 4 aromatic heterocycles. The van der Waals surface area contributed by atoms with Gasteiger partial charge in [0.15, 0.2) is 0 Å². The third-order valence-electron chi connectivity index (χ3n) is 6.59. The number of nitrogens with two attached hydrogens (primary N) is 1. The highest BCUT2D eigenvalue weighted by Gasteiger charge is 2.30. The normalized spacial score (nSPS) is 15.0. The number of benzene rings is 2. The highest BCUT2D eigenvalue weighted by molar-refractivity contribution is 14.1. The summed E-state index contributed by atoms with van der Waals surface area (Å²) in [6.07, 6.45) is 1.47. The molecule has 1 aliphatic rings. The predicted octanol–water partition coefficient (Wildman–Crippen LogP) is 4.55. The number of pyridine rings is 1. The Morgan fingerprint density at radius 3 is 2.58 bits per heavy atom. The van der Waals surface area contributed by atoms with Gasteiger partial charge in [0, 0.05) is 40.5 Å². The predicted molar refractivity (Wildman–Crippen MR) is 157 cm³/mol. The number of amides is 1. The van der Waals surface area contributed by atoms with Crippen LogP contribution in [0.2, 0.25) is 5.02 Å². The molecule has 0 radical (unpaired) electrons. The number of carbonyl (C=O) groups is 2. The maximum absolute atomic E-state index is 12.9. The van der Waals surface area contributed by atoms with Crippen molar-refractivity contribution < 1.29 is 14.3 Å². The smallest absolute Gasteiger partial charge is 0.293 e. The van der Waals surface area contributed by atoms with Gasteiger partial charge in [-0.15, -0.1) is 0 Å². The van der Waals surface area contributed by atoms with Crippen molar-refractivity contribution >= 4 is 79.7 Å². The zero-order chi connectivity index (χ0) is 27.2. The SMILES string of the molecule is CC(C)(C)OC=O.Nc1ncnc2cc(CN3CCN(Cc4c(I)c5c6ccc(Cl)c5n46)CC3=O)ccc12. The first-order chi connectivity index (χ1) is 18.1. The van der Waals surface area contributed by atoms with Crippen LogP contribution in [0.3, 0.4) is 0 Å². The van der Waals surface area contributed by atoms with Gasteiger partial charge in [0.2, 0.25) is 5.91 Å². The molecule has 1 amide bonds. The molecule has 0 aliphatic carbocycles. The van der Waals surface area contributed by atoms with E-state index < -0.39 is 0 Å². The zero-order valence-electron chi connectivity index (χ0n) is 21.4. The van der Waals surface area contributed by atoms with Crippen LogP contribution in [0, 0.1) is 3.57 Å². The molecule has 38 heavy (non-hydrogen) atoms. The quantitative estimate of drug-likeness (QED) is 0.221. The van der Waals surface area contributed by atoms with Gasteiger partial charge >= 0.3 is 0 Å². The Morgan fingerprint density at radius 1 is 1.16 bits per heavy atom. The number of halogens is 2. The molecule has 5 heterocycles. The number of hydrogen-bond donors (Lipinski definition) is 1. The van der Waals surface area contributed by atoms with Crippen molar-refractivity contribution in [3.05, 3.63) is 56.5 Å². The third-order valence-corrected chi connectivity index (χ3v) is 8.06. The Labute approximate surface area is 238 Å². The number of piperazine rings is 1. The minimum absolute atomic E-state index is 0.141. The van der Waals surface area contributed by atoms with Crippen LogP contribution < -0.4 is 5.73 Å². The number of carbonyl (C=O) groups excluding carboxylic acids is 2. The summed E-state index contributed by atoms with van der Waals surface area (Å²) in [4.78, 5) is 34.9. The van der Waals surface area contributed by atoms with Gasteiger partial charge in [-0.3, -0.25) is 14.5 Å². The number of ether oxygens (including phenoxy) is 1. The molecule has 0 saturated carbocycles. The molecule has 6 aromatic rings. The van der Waals surface area contributed by atoms with Crippen LogP contribution in [-0.2, 0) is 27.4 Å². The lowest BCUT2D eigenvalue weighted by atomic mass is 10.1. The molecular weight excluding hydrogens is 619 g/mol. The number of anilines is 1. The van der Waals surface area contributed by atoms with E-state index in [0.29, 0.717) is 31.9 Å². The van der Waals surface area contributed by atoms with Crippen molar-refractivity contribution in [2.45, 2.75) is 39.5 Å². The topological polar surface area (TPSA) is 106 Å². The number of nitrogens with zero attached hydrogens (tertiary/aromatic N) is 5. The van der Waals surface area contributed by atoms with Crippen molar-refractivity contribution in [2.24, 2.45) is 0 Å². The summed E-state index contributed by atoms with van der Waals surface area (Å²) in [5.74, 6) is 0.612. The third kappa shape index (κ3) is 5.04. The van der Waals surface area contributed by atoms with Gasteiger partial charge in [-0.1, -0.05) is 17.7 Å². The van der Waals surface area contributed by atoms with Crippen molar-refractivity contribution in [2.75, 3.05) is 25.4 Å². The Bertz CT molecular complexity index is 1610. The van der Waals surface area contributed by atoms with Crippen LogP contribution in [0.25, 0.3) is 27.3 Å². The highest BCUT2D eigenvalue weighted by Crippen LogP contribution is 2.43. The van der Waals surface area contributed by atoms with Crippen LogP contribution >= 0.6 is 34.2 Å². The van der Waals surface area contributed by atoms with E-state index in [-0.39, 0.29) is 11.5 Å². The minimum Gasteiger partial charge on any atom is -0.462 e. The summed E-state index contributed by atoms with van der Waals surface area (Å²) >= 11 is 8.77. The maximum Gasteiger partial charge on any atom is 0.293 e. The molecule has 2 aromatic carbocycles. The fourth-order valence-corrected chi connectivity index (χ4v) is 5.95. The number of hydrogen-bond acceptors (Lipinski definition) is 7. The molecule has 1 aliphatic heterocycles. The van der Waals surface area contributed by atoms with Gasteiger partial charge in [-0.25, -0.2) is 9.97 Å². The standard InChI is InChI=1S/C22H18ClIN6O.C5H10O2/c23-14-3-4-16-19-20(24)17(30(16)21(14)19)9-28-5-6-29(18(31)10-28)8-12-1-2-13-15(7-12)26-11-27-22(13)25;1-5(2,3)7-4-6/h1-4,7,11H,5-6,8-10H2,(H2,25,26,27);4H,1-3H3. The Kier molecular flexibility index (Phi) is 7.23. The zero-order valence-corrected chi connectivity index (χ0v) is 24.3. The maximum atomic E-state index is 12.9.